The highest BCUT2D eigenvalue weighted by Gasteiger charge is 2.24. The molecule has 0 fully saturated rings. The molecule has 0 aromatic heterocycles. The van der Waals surface area contributed by atoms with Gasteiger partial charge in [0.25, 0.3) is 5.69 Å². The van der Waals surface area contributed by atoms with Crippen molar-refractivity contribution in [1.82, 2.24) is 0 Å². The number of benzene rings is 1. The fraction of sp³-hybridized carbons (Fsp3) is 0.200. The number of aromatic carboxylic acids is 1. The first-order valence-electron chi connectivity index (χ1n) is 4.95. The maximum absolute atomic E-state index is 11.5. The van der Waals surface area contributed by atoms with E-state index in [0.29, 0.717) is 0 Å². The topological polar surface area (TPSA) is 141 Å². The van der Waals surface area contributed by atoms with Crippen molar-refractivity contribution in [1.29, 1.82) is 0 Å². The van der Waals surface area contributed by atoms with Gasteiger partial charge in [0, 0.05) is 16.9 Å². The lowest BCUT2D eigenvalue weighted by Gasteiger charge is -2.05. The van der Waals surface area contributed by atoms with E-state index < -0.39 is 44.6 Å². The first kappa shape index (κ1) is 14.8. The molecule has 1 unspecified atom stereocenters. The zero-order valence-electron chi connectivity index (χ0n) is 9.57. The van der Waals surface area contributed by atoms with Crippen LogP contribution in [0.3, 0.4) is 0 Å². The average molecular weight is 286 g/mol. The van der Waals surface area contributed by atoms with E-state index in [2.05, 4.69) is 0 Å². The van der Waals surface area contributed by atoms with Crippen molar-refractivity contribution in [2.75, 3.05) is 5.75 Å². The molecule has 1 aromatic rings. The second-order valence-electron chi connectivity index (χ2n) is 3.57. The zero-order chi connectivity index (χ0) is 14.6. The summed E-state index contributed by atoms with van der Waals surface area (Å²) in [5, 5.41) is 19.7. The SMILES string of the molecule is NC(=O)CS(=O)Cc1cccc([N+](=O)[O-])c1C(=O)O. The van der Waals surface area contributed by atoms with E-state index in [4.69, 9.17) is 10.8 Å². The summed E-state index contributed by atoms with van der Waals surface area (Å²) in [5.74, 6) is -2.99. The number of nitro benzene ring substituents is 1. The van der Waals surface area contributed by atoms with Crippen LogP contribution < -0.4 is 5.73 Å². The quantitative estimate of drug-likeness (QED) is 0.558. The highest BCUT2D eigenvalue weighted by atomic mass is 32.2. The molecule has 0 aliphatic carbocycles. The van der Waals surface area contributed by atoms with Crippen LogP contribution in [0, 0.1) is 10.1 Å². The molecule has 1 rings (SSSR count). The Morgan fingerprint density at radius 3 is 2.53 bits per heavy atom. The van der Waals surface area contributed by atoms with Gasteiger partial charge in [-0.05, 0) is 5.56 Å². The molecule has 1 amide bonds. The van der Waals surface area contributed by atoms with Crippen molar-refractivity contribution in [3.8, 4) is 0 Å². The monoisotopic (exact) mass is 286 g/mol. The number of amides is 1. The summed E-state index contributed by atoms with van der Waals surface area (Å²) in [6.45, 7) is 0. The summed E-state index contributed by atoms with van der Waals surface area (Å²) in [6.07, 6.45) is 0. The van der Waals surface area contributed by atoms with E-state index in [9.17, 15) is 23.9 Å². The van der Waals surface area contributed by atoms with Crippen LogP contribution in [-0.2, 0) is 21.3 Å². The van der Waals surface area contributed by atoms with Gasteiger partial charge in [0.15, 0.2) is 0 Å². The average Bonchev–Trinajstić information content (AvgIpc) is 2.26. The number of hydrogen-bond acceptors (Lipinski definition) is 5. The van der Waals surface area contributed by atoms with Gasteiger partial charge in [0.2, 0.25) is 5.91 Å². The van der Waals surface area contributed by atoms with Gasteiger partial charge in [-0.25, -0.2) is 4.79 Å². The van der Waals surface area contributed by atoms with Crippen LogP contribution in [0.1, 0.15) is 15.9 Å². The van der Waals surface area contributed by atoms with Crippen molar-refractivity contribution < 1.29 is 23.8 Å². The van der Waals surface area contributed by atoms with E-state index in [1.165, 1.54) is 12.1 Å². The highest BCUT2D eigenvalue weighted by Crippen LogP contribution is 2.23. The number of nitrogens with zero attached hydrogens (tertiary/aromatic N) is 1. The van der Waals surface area contributed by atoms with Gasteiger partial charge in [-0.1, -0.05) is 12.1 Å². The third-order valence-electron chi connectivity index (χ3n) is 2.16. The smallest absolute Gasteiger partial charge is 0.343 e. The van der Waals surface area contributed by atoms with E-state index in [-0.39, 0.29) is 11.3 Å². The normalized spacial score (nSPS) is 11.8. The molecule has 0 bridgehead atoms. The molecule has 0 saturated carbocycles. The van der Waals surface area contributed by atoms with Crippen LogP contribution in [0.25, 0.3) is 0 Å². The fourth-order valence-corrected chi connectivity index (χ4v) is 2.50. The van der Waals surface area contributed by atoms with Crippen LogP contribution in [0.4, 0.5) is 5.69 Å². The van der Waals surface area contributed by atoms with Gasteiger partial charge in [-0.2, -0.15) is 0 Å². The molecule has 0 radical (unpaired) electrons. The lowest BCUT2D eigenvalue weighted by molar-refractivity contribution is -0.385. The predicted octanol–water partition coefficient (Wildman–Crippen LogP) is 0.0270. The molecule has 0 aliphatic heterocycles. The van der Waals surface area contributed by atoms with E-state index in [1.54, 1.807) is 0 Å². The lowest BCUT2D eigenvalue weighted by Crippen LogP contribution is -2.20. The Hall–Kier alpha value is -2.29. The van der Waals surface area contributed by atoms with Crippen molar-refractivity contribution >= 4 is 28.4 Å². The number of rotatable bonds is 6. The number of carbonyl (C=O) groups excluding carboxylic acids is 1. The van der Waals surface area contributed by atoms with Crippen molar-refractivity contribution in [3.05, 3.63) is 39.4 Å². The maximum Gasteiger partial charge on any atom is 0.343 e. The molecular weight excluding hydrogens is 276 g/mol. The molecule has 9 heteroatoms. The van der Waals surface area contributed by atoms with Gasteiger partial charge in [0.05, 0.1) is 10.7 Å². The summed E-state index contributed by atoms with van der Waals surface area (Å²) >= 11 is 0. The first-order chi connectivity index (χ1) is 8.82. The molecule has 102 valence electrons. The summed E-state index contributed by atoms with van der Waals surface area (Å²) < 4.78 is 11.5. The van der Waals surface area contributed by atoms with Crippen LogP contribution in [0.2, 0.25) is 0 Å². The first-order valence-corrected chi connectivity index (χ1v) is 6.44. The molecule has 1 atom stereocenters. The largest absolute Gasteiger partial charge is 0.477 e. The Labute approximate surface area is 109 Å². The van der Waals surface area contributed by atoms with Crippen LogP contribution in [-0.4, -0.2) is 31.9 Å². The predicted molar refractivity (Wildman–Crippen MR) is 66.0 cm³/mol. The third-order valence-corrected chi connectivity index (χ3v) is 3.40. The highest BCUT2D eigenvalue weighted by molar-refractivity contribution is 7.84. The molecule has 8 nitrogen and oxygen atoms in total. The number of nitro groups is 1. The third kappa shape index (κ3) is 3.85. The lowest BCUT2D eigenvalue weighted by atomic mass is 10.1. The molecule has 0 heterocycles. The number of carboxylic acids is 1. The minimum absolute atomic E-state index is 0.0290. The Morgan fingerprint density at radius 2 is 2.05 bits per heavy atom. The minimum Gasteiger partial charge on any atom is -0.477 e. The van der Waals surface area contributed by atoms with Crippen molar-refractivity contribution in [3.63, 3.8) is 0 Å². The Bertz CT molecular complexity index is 571. The summed E-state index contributed by atoms with van der Waals surface area (Å²) in [6, 6.07) is 3.65. The Balaban J connectivity index is 3.17. The van der Waals surface area contributed by atoms with Crippen LogP contribution >= 0.6 is 0 Å². The van der Waals surface area contributed by atoms with Gasteiger partial charge in [0.1, 0.15) is 11.3 Å². The van der Waals surface area contributed by atoms with Gasteiger partial charge in [-0.3, -0.25) is 19.1 Å². The van der Waals surface area contributed by atoms with Crippen LogP contribution in [0.15, 0.2) is 18.2 Å². The van der Waals surface area contributed by atoms with Gasteiger partial charge >= 0.3 is 5.97 Å². The van der Waals surface area contributed by atoms with Crippen molar-refractivity contribution in [2.45, 2.75) is 5.75 Å². The Kier molecular flexibility index (Phi) is 4.70. The van der Waals surface area contributed by atoms with Gasteiger partial charge < -0.3 is 10.8 Å². The Morgan fingerprint density at radius 1 is 1.42 bits per heavy atom. The molecule has 1 aromatic carbocycles. The number of carboxylic acid groups (broad SMARTS) is 1. The van der Waals surface area contributed by atoms with E-state index in [0.717, 1.165) is 6.07 Å². The second-order valence-corrected chi connectivity index (χ2v) is 5.03. The molecule has 0 aliphatic rings. The van der Waals surface area contributed by atoms with E-state index >= 15 is 0 Å². The standard InChI is InChI=1S/C10H10N2O6S/c11-8(13)5-19(18)4-6-2-1-3-7(12(16)17)9(6)10(14)15/h1-3H,4-5H2,(H2,11,13)(H,14,15). The second kappa shape index (κ2) is 6.05. The molecular formula is C10H10N2O6S. The summed E-state index contributed by atoms with van der Waals surface area (Å²) in [4.78, 5) is 31.6. The molecule has 19 heavy (non-hydrogen) atoms. The maximum atomic E-state index is 11.5. The molecule has 0 spiro atoms. The zero-order valence-corrected chi connectivity index (χ0v) is 10.4. The molecule has 3 N–H and O–H groups in total. The summed E-state index contributed by atoms with van der Waals surface area (Å²) in [5.41, 5.74) is 3.79. The van der Waals surface area contributed by atoms with Crippen molar-refractivity contribution in [2.24, 2.45) is 5.73 Å². The van der Waals surface area contributed by atoms with Gasteiger partial charge in [-0.15, -0.1) is 0 Å². The summed E-state index contributed by atoms with van der Waals surface area (Å²) in [7, 11) is -1.71. The fourth-order valence-electron chi connectivity index (χ4n) is 1.49. The number of nitrogens with two attached hydrogens (primary N) is 1. The van der Waals surface area contributed by atoms with Crippen LogP contribution in [0.5, 0.6) is 0 Å². The van der Waals surface area contributed by atoms with E-state index in [1.807, 2.05) is 0 Å². The minimum atomic E-state index is -1.71. The number of primary amides is 1. The number of hydrogen-bond donors (Lipinski definition) is 2. The molecule has 0 saturated heterocycles. The number of carbonyl (C=O) groups is 2.